The third-order valence-electron chi connectivity index (χ3n) is 2.58. The maximum Gasteiger partial charge on any atom is 0.0458 e. The zero-order valence-corrected chi connectivity index (χ0v) is 8.88. The van der Waals surface area contributed by atoms with Crippen LogP contribution in [0.3, 0.4) is 0 Å². The molecule has 0 aliphatic heterocycles. The molecule has 0 spiro atoms. The molecule has 13 heavy (non-hydrogen) atoms. The van der Waals surface area contributed by atoms with Crippen LogP contribution in [-0.2, 0) is 0 Å². The van der Waals surface area contributed by atoms with E-state index in [1.165, 1.54) is 24.2 Å². The summed E-state index contributed by atoms with van der Waals surface area (Å²) in [5, 5.41) is 0. The van der Waals surface area contributed by atoms with Crippen LogP contribution >= 0.6 is 0 Å². The summed E-state index contributed by atoms with van der Waals surface area (Å²) in [6.07, 6.45) is 2.37. The molecule has 0 aliphatic carbocycles. The molecule has 2 heteroatoms. The number of aromatic nitrogens is 1. The van der Waals surface area contributed by atoms with Crippen LogP contribution in [0, 0.1) is 13.8 Å². The summed E-state index contributed by atoms with van der Waals surface area (Å²) in [5.74, 6) is 0. The molecule has 1 rings (SSSR count). The molecule has 1 unspecified atom stereocenters. The molecule has 0 fully saturated rings. The van der Waals surface area contributed by atoms with E-state index >= 15 is 0 Å². The molecule has 0 aliphatic rings. The fourth-order valence-corrected chi connectivity index (χ4v) is 1.94. The molecule has 1 heterocycles. The van der Waals surface area contributed by atoms with Crippen molar-refractivity contribution in [2.75, 3.05) is 6.54 Å². The Morgan fingerprint density at radius 2 is 1.85 bits per heavy atom. The number of hydrogen-bond donors (Lipinski definition) is 1. The van der Waals surface area contributed by atoms with Gasteiger partial charge < -0.3 is 10.3 Å². The molecule has 2 nitrogen and oxygen atoms in total. The minimum atomic E-state index is 0.486. The molecule has 0 radical (unpaired) electrons. The highest BCUT2D eigenvalue weighted by Crippen LogP contribution is 2.18. The van der Waals surface area contributed by atoms with E-state index < -0.39 is 0 Å². The molecular formula is C11H20N2. The first kappa shape index (κ1) is 10.3. The topological polar surface area (TPSA) is 30.9 Å². The van der Waals surface area contributed by atoms with Gasteiger partial charge in [0.15, 0.2) is 0 Å². The summed E-state index contributed by atoms with van der Waals surface area (Å²) in [6.45, 7) is 7.23. The van der Waals surface area contributed by atoms with Crippen LogP contribution < -0.4 is 5.73 Å². The lowest BCUT2D eigenvalue weighted by atomic mass is 10.1. The highest BCUT2D eigenvalue weighted by atomic mass is 15.0. The summed E-state index contributed by atoms with van der Waals surface area (Å²) in [4.78, 5) is 0. The van der Waals surface area contributed by atoms with E-state index in [-0.39, 0.29) is 0 Å². The quantitative estimate of drug-likeness (QED) is 0.758. The third kappa shape index (κ3) is 2.13. The first-order valence-electron chi connectivity index (χ1n) is 5.05. The van der Waals surface area contributed by atoms with E-state index in [0.29, 0.717) is 6.04 Å². The lowest BCUT2D eigenvalue weighted by Crippen LogP contribution is -2.20. The second kappa shape index (κ2) is 4.47. The summed E-state index contributed by atoms with van der Waals surface area (Å²) in [5.41, 5.74) is 8.41. The van der Waals surface area contributed by atoms with E-state index in [2.05, 4.69) is 37.5 Å². The van der Waals surface area contributed by atoms with Crippen molar-refractivity contribution in [1.82, 2.24) is 4.57 Å². The predicted molar refractivity (Wildman–Crippen MR) is 56.9 cm³/mol. The molecule has 0 amide bonds. The van der Waals surface area contributed by atoms with E-state index in [1.54, 1.807) is 0 Å². The molecule has 2 N–H and O–H groups in total. The lowest BCUT2D eigenvalue weighted by molar-refractivity contribution is 0.456. The van der Waals surface area contributed by atoms with Crippen LogP contribution in [0.5, 0.6) is 0 Å². The number of hydrogen-bond acceptors (Lipinski definition) is 1. The van der Waals surface area contributed by atoms with Gasteiger partial charge in [0.1, 0.15) is 0 Å². The number of aryl methyl sites for hydroxylation is 2. The minimum absolute atomic E-state index is 0.486. The van der Waals surface area contributed by atoms with Gasteiger partial charge in [0.2, 0.25) is 0 Å². The SMILES string of the molecule is CCCC(CN)n1c(C)ccc1C. The molecule has 1 aromatic heterocycles. The Morgan fingerprint density at radius 1 is 1.31 bits per heavy atom. The second-order valence-electron chi connectivity index (χ2n) is 3.66. The van der Waals surface area contributed by atoms with Crippen molar-refractivity contribution in [3.8, 4) is 0 Å². The maximum atomic E-state index is 5.77. The molecule has 1 aromatic rings. The van der Waals surface area contributed by atoms with E-state index in [9.17, 15) is 0 Å². The van der Waals surface area contributed by atoms with Crippen LogP contribution in [0.4, 0.5) is 0 Å². The van der Waals surface area contributed by atoms with Crippen LogP contribution in [-0.4, -0.2) is 11.1 Å². The summed E-state index contributed by atoms with van der Waals surface area (Å²) in [7, 11) is 0. The summed E-state index contributed by atoms with van der Waals surface area (Å²) in [6, 6.07) is 4.81. The van der Waals surface area contributed by atoms with Crippen LogP contribution in [0.25, 0.3) is 0 Å². The Balaban J connectivity index is 2.89. The van der Waals surface area contributed by atoms with E-state index in [0.717, 1.165) is 6.54 Å². The fourth-order valence-electron chi connectivity index (χ4n) is 1.94. The number of nitrogens with two attached hydrogens (primary N) is 1. The van der Waals surface area contributed by atoms with Crippen molar-refractivity contribution in [2.24, 2.45) is 5.73 Å². The first-order valence-corrected chi connectivity index (χ1v) is 5.05. The largest absolute Gasteiger partial charge is 0.345 e. The van der Waals surface area contributed by atoms with Crippen molar-refractivity contribution in [3.63, 3.8) is 0 Å². The molecule has 1 atom stereocenters. The van der Waals surface area contributed by atoms with Gasteiger partial charge in [-0.25, -0.2) is 0 Å². The minimum Gasteiger partial charge on any atom is -0.345 e. The molecule has 74 valence electrons. The lowest BCUT2D eigenvalue weighted by Gasteiger charge is -2.20. The summed E-state index contributed by atoms with van der Waals surface area (Å²) < 4.78 is 2.35. The number of rotatable bonds is 4. The third-order valence-corrected chi connectivity index (χ3v) is 2.58. The average molecular weight is 180 g/mol. The van der Waals surface area contributed by atoms with Gasteiger partial charge in [-0.15, -0.1) is 0 Å². The van der Waals surface area contributed by atoms with Crippen molar-refractivity contribution < 1.29 is 0 Å². The number of nitrogens with zero attached hydrogens (tertiary/aromatic N) is 1. The van der Waals surface area contributed by atoms with Crippen molar-refractivity contribution in [1.29, 1.82) is 0 Å². The van der Waals surface area contributed by atoms with E-state index in [4.69, 9.17) is 5.73 Å². The highest BCUT2D eigenvalue weighted by Gasteiger charge is 2.11. The van der Waals surface area contributed by atoms with E-state index in [1.807, 2.05) is 0 Å². The highest BCUT2D eigenvalue weighted by molar-refractivity contribution is 5.15. The zero-order chi connectivity index (χ0) is 9.84. The molecule has 0 saturated carbocycles. The van der Waals surface area contributed by atoms with Gasteiger partial charge in [0, 0.05) is 24.0 Å². The van der Waals surface area contributed by atoms with Gasteiger partial charge in [0.25, 0.3) is 0 Å². The Bertz CT molecular complexity index is 244. The normalized spacial score (nSPS) is 13.2. The molecule has 0 aromatic carbocycles. The molecular weight excluding hydrogens is 160 g/mol. The van der Waals surface area contributed by atoms with Gasteiger partial charge in [-0.1, -0.05) is 13.3 Å². The van der Waals surface area contributed by atoms with Crippen LogP contribution in [0.2, 0.25) is 0 Å². The van der Waals surface area contributed by atoms with Gasteiger partial charge in [0.05, 0.1) is 0 Å². The Morgan fingerprint density at radius 3 is 2.23 bits per heavy atom. The van der Waals surface area contributed by atoms with Crippen LogP contribution in [0.1, 0.15) is 37.2 Å². The van der Waals surface area contributed by atoms with Gasteiger partial charge in [-0.3, -0.25) is 0 Å². The standard InChI is InChI=1S/C11H20N2/c1-4-5-11(8-12)13-9(2)6-7-10(13)3/h6-7,11H,4-5,8,12H2,1-3H3. The summed E-state index contributed by atoms with van der Waals surface area (Å²) >= 11 is 0. The predicted octanol–water partition coefficient (Wildman–Crippen LogP) is 2.40. The van der Waals surface area contributed by atoms with Crippen molar-refractivity contribution in [2.45, 2.75) is 39.7 Å². The van der Waals surface area contributed by atoms with Crippen molar-refractivity contribution in [3.05, 3.63) is 23.5 Å². The Labute approximate surface area is 80.7 Å². The zero-order valence-electron chi connectivity index (χ0n) is 8.88. The van der Waals surface area contributed by atoms with Crippen LogP contribution in [0.15, 0.2) is 12.1 Å². The molecule has 0 bridgehead atoms. The maximum absolute atomic E-state index is 5.77. The average Bonchev–Trinajstić information content (AvgIpc) is 2.43. The van der Waals surface area contributed by atoms with Crippen molar-refractivity contribution >= 4 is 0 Å². The monoisotopic (exact) mass is 180 g/mol. The van der Waals surface area contributed by atoms with Gasteiger partial charge in [-0.05, 0) is 32.4 Å². The van der Waals surface area contributed by atoms with Gasteiger partial charge >= 0.3 is 0 Å². The Kier molecular flexibility index (Phi) is 3.55. The fraction of sp³-hybridized carbons (Fsp3) is 0.636. The smallest absolute Gasteiger partial charge is 0.0458 e. The second-order valence-corrected chi connectivity index (χ2v) is 3.66. The Hall–Kier alpha value is -0.760. The first-order chi connectivity index (χ1) is 6.20. The molecule has 0 saturated heterocycles. The van der Waals surface area contributed by atoms with Gasteiger partial charge in [-0.2, -0.15) is 0 Å².